The zero-order valence-corrected chi connectivity index (χ0v) is 14.6. The predicted octanol–water partition coefficient (Wildman–Crippen LogP) is 2.59. The van der Waals surface area contributed by atoms with Crippen LogP contribution in [0.15, 0.2) is 4.99 Å². The van der Waals surface area contributed by atoms with E-state index in [9.17, 15) is 0 Å². The standard InChI is InChI=1S/C19H34N4/c20-18(21-4-3-7-23-5-1-2-6-23)22-14-19-11-15-8-16(12-19)10-17(9-15)13-19/h15-17H,1-14H2,(H3,20,21,22). The zero-order valence-electron chi connectivity index (χ0n) is 14.6. The molecule has 0 aromatic rings. The average Bonchev–Trinajstić information content (AvgIpc) is 3.02. The van der Waals surface area contributed by atoms with Crippen LogP contribution in [0.4, 0.5) is 0 Å². The van der Waals surface area contributed by atoms with Crippen molar-refractivity contribution in [2.24, 2.45) is 33.9 Å². The summed E-state index contributed by atoms with van der Waals surface area (Å²) in [6.07, 6.45) is 12.7. The zero-order chi connectivity index (χ0) is 15.7. The van der Waals surface area contributed by atoms with E-state index in [0.717, 1.165) is 30.8 Å². The Balaban J connectivity index is 1.20. The lowest BCUT2D eigenvalue weighted by molar-refractivity contribution is -0.0465. The van der Waals surface area contributed by atoms with Gasteiger partial charge in [0, 0.05) is 13.1 Å². The van der Waals surface area contributed by atoms with Crippen molar-refractivity contribution in [3.8, 4) is 0 Å². The van der Waals surface area contributed by atoms with Gasteiger partial charge in [0.1, 0.15) is 0 Å². The molecule has 4 saturated carbocycles. The van der Waals surface area contributed by atoms with Crippen LogP contribution in [0.1, 0.15) is 57.8 Å². The van der Waals surface area contributed by atoms with Gasteiger partial charge in [-0.05, 0) is 101 Å². The first-order chi connectivity index (χ1) is 11.2. The summed E-state index contributed by atoms with van der Waals surface area (Å²) in [5.41, 5.74) is 6.63. The maximum Gasteiger partial charge on any atom is 0.188 e. The molecule has 0 aromatic heterocycles. The van der Waals surface area contributed by atoms with Gasteiger partial charge in [0.15, 0.2) is 5.96 Å². The third kappa shape index (κ3) is 3.67. The number of nitrogens with two attached hydrogens (primary N) is 1. The smallest absolute Gasteiger partial charge is 0.188 e. The van der Waals surface area contributed by atoms with Gasteiger partial charge in [-0.25, -0.2) is 0 Å². The van der Waals surface area contributed by atoms with E-state index in [-0.39, 0.29) is 0 Å². The molecule has 0 atom stereocenters. The number of aliphatic imine (C=N–C) groups is 1. The lowest BCUT2D eigenvalue weighted by atomic mass is 9.49. The molecule has 3 N–H and O–H groups in total. The van der Waals surface area contributed by atoms with E-state index < -0.39 is 0 Å². The lowest BCUT2D eigenvalue weighted by Gasteiger charge is -2.56. The molecule has 0 spiro atoms. The van der Waals surface area contributed by atoms with Crippen molar-refractivity contribution >= 4 is 5.96 Å². The Morgan fingerprint density at radius 2 is 1.65 bits per heavy atom. The van der Waals surface area contributed by atoms with Gasteiger partial charge in [0.2, 0.25) is 0 Å². The van der Waals surface area contributed by atoms with Crippen LogP contribution < -0.4 is 11.1 Å². The number of guanidine groups is 1. The van der Waals surface area contributed by atoms with Gasteiger partial charge in [-0.2, -0.15) is 0 Å². The summed E-state index contributed by atoms with van der Waals surface area (Å²) in [6.45, 7) is 5.72. The molecule has 5 aliphatic rings. The first kappa shape index (κ1) is 15.7. The van der Waals surface area contributed by atoms with Crippen LogP contribution in [-0.2, 0) is 0 Å². The van der Waals surface area contributed by atoms with Crippen LogP contribution in [0.5, 0.6) is 0 Å². The van der Waals surface area contributed by atoms with Crippen molar-refractivity contribution in [1.29, 1.82) is 0 Å². The van der Waals surface area contributed by atoms with Crippen LogP contribution in [-0.4, -0.2) is 43.6 Å². The van der Waals surface area contributed by atoms with Crippen LogP contribution in [0, 0.1) is 23.2 Å². The molecule has 4 aliphatic carbocycles. The minimum atomic E-state index is 0.511. The lowest BCUT2D eigenvalue weighted by Crippen LogP contribution is -2.48. The summed E-state index contributed by atoms with van der Waals surface area (Å²) in [7, 11) is 0. The van der Waals surface area contributed by atoms with Crippen molar-refractivity contribution in [2.45, 2.75) is 57.8 Å². The highest BCUT2D eigenvalue weighted by molar-refractivity contribution is 5.77. The molecule has 0 aromatic carbocycles. The maximum atomic E-state index is 6.12. The first-order valence-corrected chi connectivity index (χ1v) is 9.97. The van der Waals surface area contributed by atoms with Crippen LogP contribution in [0.25, 0.3) is 0 Å². The largest absolute Gasteiger partial charge is 0.370 e. The number of rotatable bonds is 6. The molecule has 1 heterocycles. The molecule has 4 heteroatoms. The molecular weight excluding hydrogens is 284 g/mol. The van der Waals surface area contributed by atoms with Crippen molar-refractivity contribution in [3.63, 3.8) is 0 Å². The van der Waals surface area contributed by atoms with Crippen LogP contribution >= 0.6 is 0 Å². The van der Waals surface area contributed by atoms with E-state index >= 15 is 0 Å². The van der Waals surface area contributed by atoms with E-state index in [4.69, 9.17) is 10.7 Å². The quantitative estimate of drug-likeness (QED) is 0.450. The molecule has 4 bridgehead atoms. The highest BCUT2D eigenvalue weighted by Gasteiger charge is 2.50. The molecule has 0 unspecified atom stereocenters. The fraction of sp³-hybridized carbons (Fsp3) is 0.947. The Morgan fingerprint density at radius 1 is 1.04 bits per heavy atom. The van der Waals surface area contributed by atoms with E-state index in [1.165, 1.54) is 77.4 Å². The molecule has 0 amide bonds. The summed E-state index contributed by atoms with van der Waals surface area (Å²) in [5.74, 6) is 3.70. The Labute approximate surface area is 141 Å². The van der Waals surface area contributed by atoms with Crippen molar-refractivity contribution < 1.29 is 0 Å². The number of nitrogens with zero attached hydrogens (tertiary/aromatic N) is 2. The van der Waals surface area contributed by atoms with Gasteiger partial charge in [-0.1, -0.05) is 0 Å². The molecule has 23 heavy (non-hydrogen) atoms. The summed E-state index contributed by atoms with van der Waals surface area (Å²) in [5, 5.41) is 3.34. The molecule has 1 saturated heterocycles. The third-order valence-corrected chi connectivity index (χ3v) is 6.91. The fourth-order valence-corrected chi connectivity index (χ4v) is 6.32. The van der Waals surface area contributed by atoms with Crippen molar-refractivity contribution in [2.75, 3.05) is 32.7 Å². The van der Waals surface area contributed by atoms with Gasteiger partial charge in [0.05, 0.1) is 0 Å². The maximum absolute atomic E-state index is 6.12. The number of nitrogens with one attached hydrogen (secondary N) is 1. The molecule has 5 rings (SSSR count). The van der Waals surface area contributed by atoms with Gasteiger partial charge in [-0.3, -0.25) is 4.99 Å². The SMILES string of the molecule is NC(=NCC12CC3CC(CC(C3)C1)C2)NCCCN1CCCC1. The van der Waals surface area contributed by atoms with E-state index in [0.29, 0.717) is 11.4 Å². The second-order valence-electron chi connectivity index (χ2n) is 8.95. The molecule has 5 fully saturated rings. The predicted molar refractivity (Wildman–Crippen MR) is 95.4 cm³/mol. The summed E-state index contributed by atoms with van der Waals surface area (Å²) in [4.78, 5) is 7.31. The summed E-state index contributed by atoms with van der Waals surface area (Å²) >= 11 is 0. The minimum absolute atomic E-state index is 0.511. The second-order valence-corrected chi connectivity index (χ2v) is 8.95. The Bertz CT molecular complexity index is 403. The number of hydrogen-bond donors (Lipinski definition) is 2. The third-order valence-electron chi connectivity index (χ3n) is 6.91. The Hall–Kier alpha value is -0.770. The van der Waals surface area contributed by atoms with Gasteiger partial charge in [-0.15, -0.1) is 0 Å². The van der Waals surface area contributed by atoms with E-state index in [2.05, 4.69) is 10.2 Å². The molecule has 130 valence electrons. The molecule has 0 radical (unpaired) electrons. The minimum Gasteiger partial charge on any atom is -0.370 e. The van der Waals surface area contributed by atoms with Gasteiger partial charge < -0.3 is 16.0 Å². The topological polar surface area (TPSA) is 53.6 Å². The van der Waals surface area contributed by atoms with E-state index in [1.807, 2.05) is 0 Å². The van der Waals surface area contributed by atoms with Crippen LogP contribution in [0.3, 0.4) is 0 Å². The monoisotopic (exact) mass is 318 g/mol. The number of hydrogen-bond acceptors (Lipinski definition) is 2. The first-order valence-electron chi connectivity index (χ1n) is 9.97. The highest BCUT2D eigenvalue weighted by atomic mass is 15.1. The Morgan fingerprint density at radius 3 is 2.26 bits per heavy atom. The average molecular weight is 319 g/mol. The molecule has 4 nitrogen and oxygen atoms in total. The van der Waals surface area contributed by atoms with Crippen LogP contribution in [0.2, 0.25) is 0 Å². The molecular formula is C19H34N4. The van der Waals surface area contributed by atoms with Gasteiger partial charge >= 0.3 is 0 Å². The normalized spacial score (nSPS) is 40.0. The van der Waals surface area contributed by atoms with Gasteiger partial charge in [0.25, 0.3) is 0 Å². The summed E-state index contributed by atoms with van der Waals surface area (Å²) < 4.78 is 0. The van der Waals surface area contributed by atoms with Crippen molar-refractivity contribution in [3.05, 3.63) is 0 Å². The Kier molecular flexibility index (Phi) is 4.53. The highest BCUT2D eigenvalue weighted by Crippen LogP contribution is 2.60. The molecule has 1 aliphatic heterocycles. The van der Waals surface area contributed by atoms with Crippen molar-refractivity contribution in [1.82, 2.24) is 10.2 Å². The number of likely N-dealkylation sites (tertiary alicyclic amines) is 1. The second kappa shape index (κ2) is 6.62. The van der Waals surface area contributed by atoms with E-state index in [1.54, 1.807) is 0 Å². The summed E-state index contributed by atoms with van der Waals surface area (Å²) in [6, 6.07) is 0. The fourth-order valence-electron chi connectivity index (χ4n) is 6.32.